The summed E-state index contributed by atoms with van der Waals surface area (Å²) >= 11 is 1.46. The Bertz CT molecular complexity index is 974. The van der Waals surface area contributed by atoms with Gasteiger partial charge in [0.1, 0.15) is 16.8 Å². The molecule has 0 spiro atoms. The second-order valence-electron chi connectivity index (χ2n) is 6.40. The SMILES string of the molecule is COc1ccc(-c2noc(C3CCCN3C(=O)c3cccnc3SC)n2)cc1. The Morgan fingerprint density at radius 3 is 2.86 bits per heavy atom. The first-order valence-corrected chi connectivity index (χ1v) is 10.2. The van der Waals surface area contributed by atoms with Gasteiger partial charge in [-0.05, 0) is 55.5 Å². The first-order chi connectivity index (χ1) is 13.7. The summed E-state index contributed by atoms with van der Waals surface area (Å²) in [5.74, 6) is 1.68. The van der Waals surface area contributed by atoms with Crippen molar-refractivity contribution in [3.8, 4) is 17.1 Å². The molecule has 1 fully saturated rings. The van der Waals surface area contributed by atoms with E-state index in [0.29, 0.717) is 23.8 Å². The van der Waals surface area contributed by atoms with Crippen LogP contribution >= 0.6 is 11.8 Å². The van der Waals surface area contributed by atoms with Crippen LogP contribution in [0, 0.1) is 0 Å². The van der Waals surface area contributed by atoms with Crippen LogP contribution in [0.3, 0.4) is 0 Å². The predicted molar refractivity (Wildman–Crippen MR) is 105 cm³/mol. The highest BCUT2D eigenvalue weighted by Gasteiger charge is 2.35. The molecule has 0 saturated carbocycles. The lowest BCUT2D eigenvalue weighted by molar-refractivity contribution is 0.0705. The van der Waals surface area contributed by atoms with Crippen molar-refractivity contribution in [2.24, 2.45) is 0 Å². The van der Waals surface area contributed by atoms with E-state index < -0.39 is 0 Å². The van der Waals surface area contributed by atoms with Gasteiger partial charge in [-0.25, -0.2) is 4.98 Å². The molecule has 2 aromatic heterocycles. The number of nitrogens with zero attached hydrogens (tertiary/aromatic N) is 4. The van der Waals surface area contributed by atoms with Gasteiger partial charge in [0.05, 0.1) is 12.7 Å². The minimum Gasteiger partial charge on any atom is -0.497 e. The topological polar surface area (TPSA) is 81.4 Å². The summed E-state index contributed by atoms with van der Waals surface area (Å²) in [4.78, 5) is 23.8. The normalized spacial score (nSPS) is 16.4. The van der Waals surface area contributed by atoms with Gasteiger partial charge in [0.25, 0.3) is 5.91 Å². The zero-order chi connectivity index (χ0) is 19.5. The third kappa shape index (κ3) is 3.47. The lowest BCUT2D eigenvalue weighted by Gasteiger charge is -2.22. The third-order valence-corrected chi connectivity index (χ3v) is 5.50. The fourth-order valence-corrected chi connectivity index (χ4v) is 3.91. The van der Waals surface area contributed by atoms with Crippen LogP contribution in [0.15, 0.2) is 52.1 Å². The molecule has 4 rings (SSSR count). The molecule has 1 aromatic carbocycles. The van der Waals surface area contributed by atoms with E-state index in [1.165, 1.54) is 11.8 Å². The minimum absolute atomic E-state index is 0.0517. The molecule has 7 nitrogen and oxygen atoms in total. The summed E-state index contributed by atoms with van der Waals surface area (Å²) in [6.07, 6.45) is 5.30. The third-order valence-electron chi connectivity index (χ3n) is 4.78. The van der Waals surface area contributed by atoms with Crippen molar-refractivity contribution in [3.63, 3.8) is 0 Å². The zero-order valence-electron chi connectivity index (χ0n) is 15.7. The molecule has 1 unspecified atom stereocenters. The lowest BCUT2D eigenvalue weighted by Crippen LogP contribution is -2.31. The Hall–Kier alpha value is -2.87. The Balaban J connectivity index is 1.58. The highest BCUT2D eigenvalue weighted by Crippen LogP contribution is 2.34. The number of methoxy groups -OCH3 is 1. The maximum Gasteiger partial charge on any atom is 0.257 e. The molecule has 1 aliphatic rings. The van der Waals surface area contributed by atoms with Gasteiger partial charge in [-0.2, -0.15) is 4.98 Å². The Morgan fingerprint density at radius 1 is 1.29 bits per heavy atom. The van der Waals surface area contributed by atoms with E-state index >= 15 is 0 Å². The summed E-state index contributed by atoms with van der Waals surface area (Å²) in [5, 5.41) is 4.83. The molecule has 8 heteroatoms. The number of carbonyl (C=O) groups excluding carboxylic acids is 1. The number of ether oxygens (including phenoxy) is 1. The highest BCUT2D eigenvalue weighted by atomic mass is 32.2. The van der Waals surface area contributed by atoms with Crippen molar-refractivity contribution < 1.29 is 14.1 Å². The number of benzene rings is 1. The summed E-state index contributed by atoms with van der Waals surface area (Å²) in [5.41, 5.74) is 1.44. The summed E-state index contributed by atoms with van der Waals surface area (Å²) in [6.45, 7) is 0.659. The fraction of sp³-hybridized carbons (Fsp3) is 0.300. The van der Waals surface area contributed by atoms with Crippen LogP contribution in [-0.2, 0) is 0 Å². The molecule has 0 bridgehead atoms. The van der Waals surface area contributed by atoms with Crippen molar-refractivity contribution in [1.82, 2.24) is 20.0 Å². The minimum atomic E-state index is -0.220. The van der Waals surface area contributed by atoms with Gasteiger partial charge in [-0.3, -0.25) is 4.79 Å². The highest BCUT2D eigenvalue weighted by molar-refractivity contribution is 7.98. The first kappa shape index (κ1) is 18.5. The summed E-state index contributed by atoms with van der Waals surface area (Å²) in [6, 6.07) is 10.8. The molecular formula is C20H20N4O3S. The molecule has 144 valence electrons. The van der Waals surface area contributed by atoms with Crippen molar-refractivity contribution in [1.29, 1.82) is 0 Å². The average Bonchev–Trinajstić information content (AvgIpc) is 3.42. The molecule has 1 atom stereocenters. The van der Waals surface area contributed by atoms with Gasteiger partial charge in [0, 0.05) is 18.3 Å². The van der Waals surface area contributed by atoms with Crippen molar-refractivity contribution in [2.75, 3.05) is 19.9 Å². The first-order valence-electron chi connectivity index (χ1n) is 8.99. The number of hydrogen-bond donors (Lipinski definition) is 0. The van der Waals surface area contributed by atoms with Crippen LogP contribution in [0.4, 0.5) is 0 Å². The van der Waals surface area contributed by atoms with Crippen molar-refractivity contribution in [2.45, 2.75) is 23.9 Å². The number of rotatable bonds is 5. The van der Waals surface area contributed by atoms with Crippen molar-refractivity contribution in [3.05, 3.63) is 54.0 Å². The zero-order valence-corrected chi connectivity index (χ0v) is 16.5. The molecule has 0 aliphatic carbocycles. The van der Waals surface area contributed by atoms with E-state index in [4.69, 9.17) is 9.26 Å². The number of amides is 1. The van der Waals surface area contributed by atoms with Gasteiger partial charge >= 0.3 is 0 Å². The molecule has 28 heavy (non-hydrogen) atoms. The maximum atomic E-state index is 13.1. The van der Waals surface area contributed by atoms with Gasteiger partial charge in [0.15, 0.2) is 0 Å². The van der Waals surface area contributed by atoms with E-state index in [1.54, 1.807) is 19.4 Å². The molecule has 0 N–H and O–H groups in total. The Kier molecular flexibility index (Phi) is 5.29. The Morgan fingerprint density at radius 2 is 2.11 bits per heavy atom. The molecule has 3 heterocycles. The van der Waals surface area contributed by atoms with Gasteiger partial charge in [-0.15, -0.1) is 11.8 Å². The number of carbonyl (C=O) groups is 1. The van der Waals surface area contributed by atoms with Crippen LogP contribution in [0.5, 0.6) is 5.75 Å². The lowest BCUT2D eigenvalue weighted by atomic mass is 10.2. The predicted octanol–water partition coefficient (Wildman–Crippen LogP) is 3.84. The quantitative estimate of drug-likeness (QED) is 0.606. The van der Waals surface area contributed by atoms with E-state index in [0.717, 1.165) is 29.2 Å². The molecule has 1 amide bonds. The van der Waals surface area contributed by atoms with E-state index in [2.05, 4.69) is 15.1 Å². The van der Waals surface area contributed by atoms with E-state index in [-0.39, 0.29) is 11.9 Å². The van der Waals surface area contributed by atoms with E-state index in [9.17, 15) is 4.79 Å². The smallest absolute Gasteiger partial charge is 0.257 e. The monoisotopic (exact) mass is 396 g/mol. The number of hydrogen-bond acceptors (Lipinski definition) is 7. The fourth-order valence-electron chi connectivity index (χ4n) is 3.37. The van der Waals surface area contributed by atoms with E-state index in [1.807, 2.05) is 41.5 Å². The molecule has 1 saturated heterocycles. The van der Waals surface area contributed by atoms with Crippen LogP contribution < -0.4 is 4.74 Å². The number of aromatic nitrogens is 3. The number of pyridine rings is 1. The molecule has 1 aliphatic heterocycles. The summed E-state index contributed by atoms with van der Waals surface area (Å²) < 4.78 is 10.7. The van der Waals surface area contributed by atoms with Crippen LogP contribution in [0.1, 0.15) is 35.1 Å². The largest absolute Gasteiger partial charge is 0.497 e. The average molecular weight is 396 g/mol. The van der Waals surface area contributed by atoms with Crippen LogP contribution in [-0.4, -0.2) is 45.8 Å². The summed E-state index contributed by atoms with van der Waals surface area (Å²) in [7, 11) is 1.62. The number of thioether (sulfide) groups is 1. The molecular weight excluding hydrogens is 376 g/mol. The Labute approximate surface area is 167 Å². The van der Waals surface area contributed by atoms with Crippen LogP contribution in [0.25, 0.3) is 11.4 Å². The van der Waals surface area contributed by atoms with Gasteiger partial charge < -0.3 is 14.2 Å². The molecule has 0 radical (unpaired) electrons. The number of likely N-dealkylation sites (tertiary alicyclic amines) is 1. The second-order valence-corrected chi connectivity index (χ2v) is 7.20. The van der Waals surface area contributed by atoms with Gasteiger partial charge in [0.2, 0.25) is 11.7 Å². The standard InChI is InChI=1S/C20H20N4O3S/c1-26-14-9-7-13(8-10-14)17-22-18(27-23-17)16-6-4-12-24(16)20(25)15-5-3-11-21-19(15)28-2/h3,5,7-11,16H,4,6,12H2,1-2H3. The van der Waals surface area contributed by atoms with Gasteiger partial charge in [-0.1, -0.05) is 5.16 Å². The molecule has 3 aromatic rings. The second kappa shape index (κ2) is 8.02. The maximum absolute atomic E-state index is 13.1. The van der Waals surface area contributed by atoms with Crippen molar-refractivity contribution >= 4 is 17.7 Å². The van der Waals surface area contributed by atoms with Crippen LogP contribution in [0.2, 0.25) is 0 Å².